The van der Waals surface area contributed by atoms with Gasteiger partial charge in [0.1, 0.15) is 18.2 Å². The molecule has 0 aliphatic heterocycles. The molecule has 31 heavy (non-hydrogen) atoms. The number of hydrogen-bond donors (Lipinski definition) is 0. The van der Waals surface area contributed by atoms with E-state index in [0.29, 0.717) is 6.54 Å². The third-order valence-corrected chi connectivity index (χ3v) is 5.69. The highest BCUT2D eigenvalue weighted by Gasteiger charge is 2.25. The summed E-state index contributed by atoms with van der Waals surface area (Å²) in [5, 5.41) is 1.93. The molecule has 1 heterocycles. The van der Waals surface area contributed by atoms with Crippen LogP contribution in [0.5, 0.6) is 0 Å². The smallest absolute Gasteiger partial charge is 0.254 e. The van der Waals surface area contributed by atoms with Gasteiger partial charge in [-0.1, -0.05) is 24.3 Å². The van der Waals surface area contributed by atoms with Gasteiger partial charge in [-0.25, -0.2) is 8.78 Å². The van der Waals surface area contributed by atoms with Crippen molar-refractivity contribution in [1.82, 2.24) is 9.80 Å². The molecule has 0 saturated carbocycles. The molecule has 2 amide bonds. The highest BCUT2D eigenvalue weighted by Crippen LogP contribution is 2.17. The molecule has 0 fully saturated rings. The van der Waals surface area contributed by atoms with Crippen LogP contribution in [0.1, 0.15) is 34.6 Å². The molecule has 162 valence electrons. The Morgan fingerprint density at radius 1 is 0.935 bits per heavy atom. The van der Waals surface area contributed by atoms with Crippen LogP contribution in [-0.2, 0) is 17.9 Å². The topological polar surface area (TPSA) is 40.6 Å². The van der Waals surface area contributed by atoms with Gasteiger partial charge < -0.3 is 9.80 Å². The van der Waals surface area contributed by atoms with Crippen LogP contribution in [0, 0.1) is 11.6 Å². The van der Waals surface area contributed by atoms with Gasteiger partial charge in [0, 0.05) is 23.0 Å². The summed E-state index contributed by atoms with van der Waals surface area (Å²) in [5.74, 6) is -1.49. The summed E-state index contributed by atoms with van der Waals surface area (Å²) in [7, 11) is 0. The Morgan fingerprint density at radius 3 is 2.29 bits per heavy atom. The Balaban J connectivity index is 1.80. The minimum Gasteiger partial charge on any atom is -0.332 e. The molecule has 0 aliphatic rings. The zero-order chi connectivity index (χ0) is 22.4. The Bertz CT molecular complexity index is 1020. The maximum Gasteiger partial charge on any atom is 0.254 e. The van der Waals surface area contributed by atoms with Gasteiger partial charge in [-0.3, -0.25) is 9.59 Å². The van der Waals surface area contributed by atoms with E-state index in [1.165, 1.54) is 52.6 Å². The van der Waals surface area contributed by atoms with E-state index in [4.69, 9.17) is 0 Å². The number of carbonyl (C=O) groups is 2. The lowest BCUT2D eigenvalue weighted by Crippen LogP contribution is -2.45. The molecule has 7 heteroatoms. The zero-order valence-electron chi connectivity index (χ0n) is 17.4. The number of nitrogens with zero attached hydrogens (tertiary/aromatic N) is 2. The lowest BCUT2D eigenvalue weighted by molar-refractivity contribution is -0.133. The summed E-state index contributed by atoms with van der Waals surface area (Å²) >= 11 is 1.54. The zero-order valence-corrected chi connectivity index (χ0v) is 18.2. The number of halogens is 2. The van der Waals surface area contributed by atoms with Crippen molar-refractivity contribution >= 4 is 23.2 Å². The van der Waals surface area contributed by atoms with Crippen LogP contribution in [0.3, 0.4) is 0 Å². The van der Waals surface area contributed by atoms with E-state index in [1.54, 1.807) is 17.0 Å². The fourth-order valence-corrected chi connectivity index (χ4v) is 3.87. The minimum atomic E-state index is -0.503. The molecule has 1 aromatic heterocycles. The molecule has 0 atom stereocenters. The number of carbonyl (C=O) groups excluding carboxylic acids is 2. The molecule has 4 nitrogen and oxygen atoms in total. The Morgan fingerprint density at radius 2 is 1.68 bits per heavy atom. The molecule has 0 spiro atoms. The van der Waals surface area contributed by atoms with E-state index in [2.05, 4.69) is 0 Å². The molecular weight excluding hydrogens is 418 g/mol. The van der Waals surface area contributed by atoms with Crippen molar-refractivity contribution in [2.45, 2.75) is 33.0 Å². The third-order valence-electron chi connectivity index (χ3n) is 4.83. The van der Waals surface area contributed by atoms with E-state index in [-0.39, 0.29) is 36.4 Å². The van der Waals surface area contributed by atoms with Gasteiger partial charge in [0.05, 0.1) is 6.54 Å². The molecule has 0 radical (unpaired) electrons. The van der Waals surface area contributed by atoms with E-state index in [0.717, 1.165) is 10.4 Å². The molecule has 3 aromatic rings. The molecule has 0 unspecified atom stereocenters. The Hall–Kier alpha value is -3.06. The van der Waals surface area contributed by atoms with Crippen LogP contribution in [0.15, 0.2) is 66.0 Å². The van der Waals surface area contributed by atoms with E-state index >= 15 is 0 Å². The van der Waals surface area contributed by atoms with Gasteiger partial charge in [-0.05, 0) is 61.2 Å². The Labute approximate surface area is 184 Å². The number of benzene rings is 2. The largest absolute Gasteiger partial charge is 0.332 e. The molecule has 0 saturated heterocycles. The van der Waals surface area contributed by atoms with Crippen molar-refractivity contribution in [2.75, 3.05) is 6.54 Å². The first-order valence-corrected chi connectivity index (χ1v) is 10.8. The maximum atomic E-state index is 13.6. The molecule has 0 bridgehead atoms. The van der Waals surface area contributed by atoms with Crippen molar-refractivity contribution < 1.29 is 18.4 Å². The van der Waals surface area contributed by atoms with Crippen LogP contribution in [0.25, 0.3) is 0 Å². The highest BCUT2D eigenvalue weighted by atomic mass is 32.1. The molecule has 3 rings (SSSR count). The standard InChI is InChI=1S/C24H24F2N2O2S/c1-17(2)28(24(30)19-5-3-6-21(26)13-19)16-23(29)27(15-22-7-4-12-31-22)14-18-8-10-20(25)11-9-18/h3-13,17H,14-16H2,1-2H3. The predicted octanol–water partition coefficient (Wildman–Crippen LogP) is 5.11. The summed E-state index contributed by atoms with van der Waals surface area (Å²) in [6.45, 7) is 4.16. The van der Waals surface area contributed by atoms with Gasteiger partial charge in [0.2, 0.25) is 5.91 Å². The van der Waals surface area contributed by atoms with Crippen LogP contribution in [0.2, 0.25) is 0 Å². The van der Waals surface area contributed by atoms with Gasteiger partial charge in [0.25, 0.3) is 5.91 Å². The van der Waals surface area contributed by atoms with E-state index in [1.807, 2.05) is 31.4 Å². The molecular formula is C24H24F2N2O2S. The van der Waals surface area contributed by atoms with Crippen molar-refractivity contribution in [3.8, 4) is 0 Å². The van der Waals surface area contributed by atoms with Gasteiger partial charge >= 0.3 is 0 Å². The SMILES string of the molecule is CC(C)N(CC(=O)N(Cc1ccc(F)cc1)Cc1cccs1)C(=O)c1cccc(F)c1. The number of rotatable bonds is 8. The van der Waals surface area contributed by atoms with Gasteiger partial charge in [-0.15, -0.1) is 11.3 Å². The normalized spacial score (nSPS) is 10.9. The fourth-order valence-electron chi connectivity index (χ4n) is 3.16. The molecule has 0 N–H and O–H groups in total. The van der Waals surface area contributed by atoms with Crippen LogP contribution in [0.4, 0.5) is 8.78 Å². The third kappa shape index (κ3) is 6.21. The number of amides is 2. The van der Waals surface area contributed by atoms with Crippen molar-refractivity contribution in [2.24, 2.45) is 0 Å². The lowest BCUT2D eigenvalue weighted by atomic mass is 10.1. The Kier molecular flexibility index (Phi) is 7.52. The van der Waals surface area contributed by atoms with Gasteiger partial charge in [-0.2, -0.15) is 0 Å². The van der Waals surface area contributed by atoms with Crippen LogP contribution >= 0.6 is 11.3 Å². The summed E-state index contributed by atoms with van der Waals surface area (Å²) < 4.78 is 26.9. The monoisotopic (exact) mass is 442 g/mol. The van der Waals surface area contributed by atoms with Gasteiger partial charge in [0.15, 0.2) is 0 Å². The highest BCUT2D eigenvalue weighted by molar-refractivity contribution is 7.09. The van der Waals surface area contributed by atoms with E-state index < -0.39 is 11.7 Å². The summed E-state index contributed by atoms with van der Waals surface area (Å²) in [5.41, 5.74) is 0.990. The van der Waals surface area contributed by atoms with Crippen molar-refractivity contribution in [3.63, 3.8) is 0 Å². The van der Waals surface area contributed by atoms with Crippen LogP contribution in [-0.4, -0.2) is 34.2 Å². The first kappa shape index (κ1) is 22.6. The minimum absolute atomic E-state index is 0.139. The van der Waals surface area contributed by atoms with Crippen molar-refractivity contribution in [3.05, 3.63) is 93.7 Å². The lowest BCUT2D eigenvalue weighted by Gasteiger charge is -2.30. The fraction of sp³-hybridized carbons (Fsp3) is 0.250. The summed E-state index contributed by atoms with van der Waals surface area (Å²) in [6, 6.07) is 15.0. The second-order valence-electron chi connectivity index (χ2n) is 7.49. The van der Waals surface area contributed by atoms with Crippen LogP contribution < -0.4 is 0 Å². The van der Waals surface area contributed by atoms with E-state index in [9.17, 15) is 18.4 Å². The predicted molar refractivity (Wildman–Crippen MR) is 118 cm³/mol. The average molecular weight is 443 g/mol. The summed E-state index contributed by atoms with van der Waals surface area (Å²) in [6.07, 6.45) is 0. The number of thiophene rings is 1. The maximum absolute atomic E-state index is 13.6. The summed E-state index contributed by atoms with van der Waals surface area (Å²) in [4.78, 5) is 30.3. The average Bonchev–Trinajstić information content (AvgIpc) is 3.25. The van der Waals surface area contributed by atoms with Crippen molar-refractivity contribution in [1.29, 1.82) is 0 Å². The molecule has 0 aliphatic carbocycles. The molecule has 2 aromatic carbocycles. The first-order valence-electron chi connectivity index (χ1n) is 9.94. The quantitative estimate of drug-likeness (QED) is 0.487. The second-order valence-corrected chi connectivity index (χ2v) is 8.53. The first-order chi connectivity index (χ1) is 14.8. The number of hydrogen-bond acceptors (Lipinski definition) is 3. The second kappa shape index (κ2) is 10.3.